The third-order valence-corrected chi connectivity index (χ3v) is 10.6. The molecule has 0 aliphatic carbocycles. The van der Waals surface area contributed by atoms with Crippen molar-refractivity contribution in [3.8, 4) is 0 Å². The van der Waals surface area contributed by atoms with E-state index in [1.54, 1.807) is 12.8 Å². The van der Waals surface area contributed by atoms with Crippen LogP contribution in [0.25, 0.3) is 0 Å². The van der Waals surface area contributed by atoms with Crippen molar-refractivity contribution in [1.29, 1.82) is 0 Å². The van der Waals surface area contributed by atoms with Gasteiger partial charge in [-0.3, -0.25) is 0 Å². The summed E-state index contributed by atoms with van der Waals surface area (Å²) in [7, 11) is -3.50. The van der Waals surface area contributed by atoms with Gasteiger partial charge >= 0.3 is 8.56 Å². The molecule has 0 saturated carbocycles. The SMILES string of the molecule is C.C.C.C.C.C.C.C=C[Si](C)(OC)O[SiH](C)O[Si](C)(C)C.[Y]. The van der Waals surface area contributed by atoms with E-state index >= 15 is 0 Å². The first-order valence-corrected chi connectivity index (χ1v) is 12.7. The van der Waals surface area contributed by atoms with Crippen molar-refractivity contribution in [2.45, 2.75) is 84.7 Å². The van der Waals surface area contributed by atoms with Crippen molar-refractivity contribution in [3.63, 3.8) is 0 Å². The van der Waals surface area contributed by atoms with Crippen LogP contribution in [0.4, 0.5) is 0 Å². The summed E-state index contributed by atoms with van der Waals surface area (Å²) in [6, 6.07) is 0. The molecule has 143 valence electrons. The summed E-state index contributed by atoms with van der Waals surface area (Å²) < 4.78 is 17.1. The molecule has 0 aromatic carbocycles. The van der Waals surface area contributed by atoms with Crippen LogP contribution >= 0.6 is 0 Å². The van der Waals surface area contributed by atoms with E-state index in [2.05, 4.69) is 26.2 Å². The number of hydrogen-bond donors (Lipinski definition) is 0. The van der Waals surface area contributed by atoms with Gasteiger partial charge < -0.3 is 12.7 Å². The fraction of sp³-hybridized carbons (Fsp3) is 0.867. The summed E-state index contributed by atoms with van der Waals surface area (Å²) in [5, 5.41) is 0. The molecule has 7 heteroatoms. The van der Waals surface area contributed by atoms with E-state index in [4.69, 9.17) is 12.7 Å². The zero-order valence-corrected chi connectivity index (χ0v) is 16.7. The Kier molecular flexibility index (Phi) is 63.4. The van der Waals surface area contributed by atoms with Crippen LogP contribution in [0.5, 0.6) is 0 Å². The van der Waals surface area contributed by atoms with Gasteiger partial charge in [0.25, 0.3) is 9.28 Å². The molecule has 0 aromatic rings. The molecule has 0 aliphatic heterocycles. The molecular formula is C15H50O3Si3Y. The zero-order chi connectivity index (χ0) is 11.4. The van der Waals surface area contributed by atoms with Crippen molar-refractivity contribution >= 4 is 26.2 Å². The molecular weight excluding hydrogens is 401 g/mol. The second kappa shape index (κ2) is 24.6. The van der Waals surface area contributed by atoms with Gasteiger partial charge in [0.15, 0.2) is 8.32 Å². The molecule has 2 unspecified atom stereocenters. The third kappa shape index (κ3) is 29.4. The van der Waals surface area contributed by atoms with E-state index in [-0.39, 0.29) is 84.7 Å². The van der Waals surface area contributed by atoms with Gasteiger partial charge in [-0.1, -0.05) is 57.7 Å². The Morgan fingerprint density at radius 2 is 1.14 bits per heavy atom. The second-order valence-corrected chi connectivity index (χ2v) is 14.4. The van der Waals surface area contributed by atoms with E-state index in [0.29, 0.717) is 0 Å². The maximum Gasteiger partial charge on any atom is 0.352 e. The first-order chi connectivity index (χ1) is 6.22. The largest absolute Gasteiger partial charge is 0.439 e. The normalized spacial score (nSPS) is 11.9. The molecule has 0 aliphatic rings. The van der Waals surface area contributed by atoms with Crippen LogP contribution < -0.4 is 0 Å². The van der Waals surface area contributed by atoms with E-state index in [1.807, 2.05) is 13.1 Å². The Balaban J connectivity index is -0.0000000302. The minimum absolute atomic E-state index is 0. The quantitative estimate of drug-likeness (QED) is 0.426. The van der Waals surface area contributed by atoms with Crippen LogP contribution in [0.15, 0.2) is 12.3 Å². The molecule has 0 fully saturated rings. The van der Waals surface area contributed by atoms with Crippen LogP contribution in [0.2, 0.25) is 32.7 Å². The molecule has 3 nitrogen and oxygen atoms in total. The standard InChI is InChI=1S/C8H22O3Si3.7CH4.Y/c1-8-14(7,9-2)11-12(3)10-13(4,5)6;;;;;;;;/h8,12H,1H2,2-7H3;7*1H4;. The summed E-state index contributed by atoms with van der Waals surface area (Å²) in [5.74, 6) is 0. The van der Waals surface area contributed by atoms with Gasteiger partial charge in [0.1, 0.15) is 0 Å². The van der Waals surface area contributed by atoms with Gasteiger partial charge in [0, 0.05) is 39.8 Å². The molecule has 0 spiro atoms. The Hall–Kier alpha value is 1.37. The molecule has 22 heavy (non-hydrogen) atoms. The van der Waals surface area contributed by atoms with E-state index in [1.165, 1.54) is 0 Å². The van der Waals surface area contributed by atoms with Crippen LogP contribution in [-0.4, -0.2) is 33.3 Å². The van der Waals surface area contributed by atoms with Gasteiger partial charge in [-0.15, -0.1) is 6.58 Å². The van der Waals surface area contributed by atoms with Crippen molar-refractivity contribution < 1.29 is 45.4 Å². The number of rotatable bonds is 6. The van der Waals surface area contributed by atoms with E-state index in [0.717, 1.165) is 0 Å². The average Bonchev–Trinajstić information content (AvgIpc) is 2.00. The zero-order valence-electron chi connectivity index (χ0n) is 10.7. The molecule has 0 rings (SSSR count). The minimum Gasteiger partial charge on any atom is -0.439 e. The van der Waals surface area contributed by atoms with Crippen LogP contribution in [0.1, 0.15) is 52.0 Å². The Morgan fingerprint density at radius 3 is 1.32 bits per heavy atom. The van der Waals surface area contributed by atoms with Crippen molar-refractivity contribution in [1.82, 2.24) is 0 Å². The van der Waals surface area contributed by atoms with Crippen molar-refractivity contribution in [3.05, 3.63) is 12.3 Å². The monoisotopic (exact) mass is 451 g/mol. The fourth-order valence-electron chi connectivity index (χ4n) is 1.03. The summed E-state index contributed by atoms with van der Waals surface area (Å²) in [5.41, 5.74) is 1.80. The van der Waals surface area contributed by atoms with Gasteiger partial charge in [-0.05, 0) is 32.7 Å². The smallest absolute Gasteiger partial charge is 0.352 e. The minimum atomic E-state index is -2.14. The maximum atomic E-state index is 5.90. The molecule has 0 bridgehead atoms. The number of hydrogen-bond acceptors (Lipinski definition) is 3. The van der Waals surface area contributed by atoms with Crippen molar-refractivity contribution in [2.75, 3.05) is 7.11 Å². The predicted octanol–water partition coefficient (Wildman–Crippen LogP) is 6.60. The molecule has 0 heterocycles. The molecule has 2 atom stereocenters. The molecule has 0 aromatic heterocycles. The Labute approximate surface area is 174 Å². The van der Waals surface area contributed by atoms with Gasteiger partial charge in [-0.2, -0.15) is 0 Å². The van der Waals surface area contributed by atoms with Crippen LogP contribution in [0.3, 0.4) is 0 Å². The van der Waals surface area contributed by atoms with E-state index in [9.17, 15) is 0 Å². The molecule has 0 saturated heterocycles. The van der Waals surface area contributed by atoms with E-state index < -0.39 is 26.2 Å². The van der Waals surface area contributed by atoms with Crippen LogP contribution in [-0.2, 0) is 45.4 Å². The third-order valence-electron chi connectivity index (χ3n) is 1.70. The summed E-state index contributed by atoms with van der Waals surface area (Å²) in [4.78, 5) is 0. The van der Waals surface area contributed by atoms with Crippen LogP contribution in [0, 0.1) is 0 Å². The van der Waals surface area contributed by atoms with Gasteiger partial charge in [0.05, 0.1) is 0 Å². The average molecular weight is 452 g/mol. The summed E-state index contributed by atoms with van der Waals surface area (Å²) in [6.45, 7) is 14.3. The van der Waals surface area contributed by atoms with Gasteiger partial charge in [-0.25, -0.2) is 0 Å². The first-order valence-electron chi connectivity index (χ1n) is 4.77. The fourth-order valence-corrected chi connectivity index (χ4v) is 9.21. The Morgan fingerprint density at radius 1 is 0.818 bits per heavy atom. The molecule has 1 radical (unpaired) electrons. The summed E-state index contributed by atoms with van der Waals surface area (Å²) in [6.07, 6.45) is 0. The van der Waals surface area contributed by atoms with Gasteiger partial charge in [0.2, 0.25) is 0 Å². The predicted molar refractivity (Wildman–Crippen MR) is 114 cm³/mol. The molecule has 0 amide bonds. The second-order valence-electron chi connectivity index (χ2n) is 4.34. The maximum absolute atomic E-state index is 5.90. The Bertz CT molecular complexity index is 203. The van der Waals surface area contributed by atoms with Crippen molar-refractivity contribution in [2.24, 2.45) is 0 Å². The molecule has 0 N–H and O–H groups in total. The summed E-state index contributed by atoms with van der Waals surface area (Å²) >= 11 is 0. The topological polar surface area (TPSA) is 27.7 Å². The first kappa shape index (κ1) is 56.6.